The van der Waals surface area contributed by atoms with E-state index in [4.69, 9.17) is 0 Å². The largest absolute Gasteiger partial charge is 0.312 e. The van der Waals surface area contributed by atoms with E-state index in [0.717, 1.165) is 6.42 Å². The minimum Gasteiger partial charge on any atom is -0.312 e. The highest BCUT2D eigenvalue weighted by atomic mass is 32.2. The van der Waals surface area contributed by atoms with Crippen LogP contribution in [0.25, 0.3) is 0 Å². The van der Waals surface area contributed by atoms with E-state index in [1.807, 2.05) is 31.2 Å². The maximum atomic E-state index is 4.07. The zero-order valence-electron chi connectivity index (χ0n) is 12.3. The Morgan fingerprint density at radius 2 is 1.75 bits per heavy atom. The number of hydrogen-bond donors (Lipinski definition) is 1. The van der Waals surface area contributed by atoms with Crippen molar-refractivity contribution in [2.45, 2.75) is 36.5 Å². The number of rotatable bonds is 6. The number of nitrogens with zero attached hydrogens (tertiary/aromatic N) is 1. The summed E-state index contributed by atoms with van der Waals surface area (Å²) in [6, 6.07) is 13.4. The number of benzene rings is 1. The molecule has 2 aromatic rings. The summed E-state index contributed by atoms with van der Waals surface area (Å²) in [6.45, 7) is 4.45. The van der Waals surface area contributed by atoms with E-state index >= 15 is 0 Å². The molecule has 0 fully saturated rings. The van der Waals surface area contributed by atoms with Crippen molar-refractivity contribution in [3.8, 4) is 0 Å². The summed E-state index contributed by atoms with van der Waals surface area (Å²) in [5, 5.41) is 3.89. The Bertz CT molecular complexity index is 510. The van der Waals surface area contributed by atoms with Crippen LogP contribution in [-0.4, -0.2) is 17.3 Å². The Morgan fingerprint density at radius 1 is 1.10 bits per heavy atom. The van der Waals surface area contributed by atoms with E-state index in [1.165, 1.54) is 16.0 Å². The summed E-state index contributed by atoms with van der Waals surface area (Å²) < 4.78 is 0. The van der Waals surface area contributed by atoms with Gasteiger partial charge >= 0.3 is 0 Å². The highest BCUT2D eigenvalue weighted by molar-refractivity contribution is 8.00. The van der Waals surface area contributed by atoms with Gasteiger partial charge in [-0.25, -0.2) is 0 Å². The molecule has 2 atom stereocenters. The van der Waals surface area contributed by atoms with Gasteiger partial charge in [0.1, 0.15) is 0 Å². The van der Waals surface area contributed by atoms with Gasteiger partial charge in [0.25, 0.3) is 0 Å². The molecule has 0 bridgehead atoms. The lowest BCUT2D eigenvalue weighted by Gasteiger charge is -2.24. The summed E-state index contributed by atoms with van der Waals surface area (Å²) in [6.07, 6.45) is 4.78. The lowest BCUT2D eigenvalue weighted by Crippen LogP contribution is -2.25. The van der Waals surface area contributed by atoms with Crippen LogP contribution in [0, 0.1) is 0 Å². The Morgan fingerprint density at radius 3 is 2.30 bits per heavy atom. The number of hydrogen-bond acceptors (Lipinski definition) is 3. The van der Waals surface area contributed by atoms with Crippen molar-refractivity contribution >= 4 is 11.8 Å². The molecule has 20 heavy (non-hydrogen) atoms. The van der Waals surface area contributed by atoms with Crippen LogP contribution in [0.1, 0.15) is 31.0 Å². The average Bonchev–Trinajstić information content (AvgIpc) is 2.49. The first-order valence-corrected chi connectivity index (χ1v) is 7.95. The van der Waals surface area contributed by atoms with Crippen LogP contribution in [0.15, 0.2) is 53.7 Å². The molecule has 2 rings (SSSR count). The van der Waals surface area contributed by atoms with E-state index in [1.54, 1.807) is 0 Å². The van der Waals surface area contributed by atoms with Crippen molar-refractivity contribution in [1.29, 1.82) is 0 Å². The average molecular weight is 286 g/mol. The first-order valence-electron chi connectivity index (χ1n) is 7.07. The number of nitrogens with one attached hydrogen (secondary N) is 1. The molecule has 2 unspecified atom stereocenters. The first kappa shape index (κ1) is 15.1. The zero-order valence-corrected chi connectivity index (χ0v) is 13.2. The molecule has 1 aromatic carbocycles. The lowest BCUT2D eigenvalue weighted by molar-refractivity contribution is 0.589. The molecule has 106 valence electrons. The van der Waals surface area contributed by atoms with Gasteiger partial charge in [-0.1, -0.05) is 38.1 Å². The molecule has 1 heterocycles. The van der Waals surface area contributed by atoms with Crippen LogP contribution in [0.5, 0.6) is 0 Å². The Kier molecular flexibility index (Phi) is 5.62. The summed E-state index contributed by atoms with van der Waals surface area (Å²) >= 11 is 1.88. The molecular formula is C17H22N2S. The predicted molar refractivity (Wildman–Crippen MR) is 87.2 cm³/mol. The molecule has 0 radical (unpaired) electrons. The minimum atomic E-state index is 0.346. The van der Waals surface area contributed by atoms with Crippen molar-refractivity contribution in [3.63, 3.8) is 0 Å². The van der Waals surface area contributed by atoms with Gasteiger partial charge in [0.15, 0.2) is 0 Å². The van der Waals surface area contributed by atoms with Gasteiger partial charge in [0.2, 0.25) is 0 Å². The fourth-order valence-electron chi connectivity index (χ4n) is 2.33. The van der Waals surface area contributed by atoms with E-state index in [0.29, 0.717) is 11.3 Å². The highest BCUT2D eigenvalue weighted by Gasteiger charge is 2.18. The third-order valence-electron chi connectivity index (χ3n) is 3.50. The highest BCUT2D eigenvalue weighted by Crippen LogP contribution is 2.31. The van der Waals surface area contributed by atoms with E-state index in [2.05, 4.69) is 60.5 Å². The molecule has 0 aliphatic carbocycles. The Labute approximate surface area is 126 Å². The quantitative estimate of drug-likeness (QED) is 0.810. The summed E-state index contributed by atoms with van der Waals surface area (Å²) in [5.41, 5.74) is 2.73. The van der Waals surface area contributed by atoms with Crippen LogP contribution in [0.3, 0.4) is 0 Å². The van der Waals surface area contributed by atoms with Crippen LogP contribution in [0.4, 0.5) is 0 Å². The van der Waals surface area contributed by atoms with Crippen molar-refractivity contribution in [2.75, 3.05) is 7.05 Å². The fourth-order valence-corrected chi connectivity index (χ4v) is 3.47. The maximum absolute atomic E-state index is 4.07. The zero-order chi connectivity index (χ0) is 14.4. The molecule has 0 aliphatic rings. The van der Waals surface area contributed by atoms with E-state index in [9.17, 15) is 0 Å². The second-order valence-electron chi connectivity index (χ2n) is 4.87. The molecule has 0 amide bonds. The summed E-state index contributed by atoms with van der Waals surface area (Å²) in [5.74, 6) is 0. The third-order valence-corrected chi connectivity index (χ3v) is 4.69. The van der Waals surface area contributed by atoms with Crippen LogP contribution in [0.2, 0.25) is 0 Å². The number of aromatic nitrogens is 1. The molecule has 1 aromatic heterocycles. The maximum Gasteiger partial charge on any atom is 0.0438 e. The van der Waals surface area contributed by atoms with Gasteiger partial charge in [0, 0.05) is 28.6 Å². The molecule has 0 saturated carbocycles. The Hall–Kier alpha value is -1.32. The number of aryl methyl sites for hydroxylation is 1. The van der Waals surface area contributed by atoms with Gasteiger partial charge in [-0.05, 0) is 36.7 Å². The van der Waals surface area contributed by atoms with Crippen molar-refractivity contribution in [2.24, 2.45) is 0 Å². The monoisotopic (exact) mass is 286 g/mol. The minimum absolute atomic E-state index is 0.346. The normalized spacial score (nSPS) is 13.9. The van der Waals surface area contributed by atoms with Gasteiger partial charge in [-0.15, -0.1) is 11.8 Å². The number of thioether (sulfide) groups is 1. The molecule has 1 N–H and O–H groups in total. The predicted octanol–water partition coefficient (Wildman–Crippen LogP) is 4.09. The second kappa shape index (κ2) is 7.46. The molecule has 0 saturated heterocycles. The van der Waals surface area contributed by atoms with Gasteiger partial charge in [-0.3, -0.25) is 4.98 Å². The standard InChI is InChI=1S/C17H22N2S/c1-4-14-5-7-15(8-6-14)17(18-3)13(2)20-16-9-11-19-12-10-16/h5-13,17-18H,4H2,1-3H3. The lowest BCUT2D eigenvalue weighted by atomic mass is 10.0. The van der Waals surface area contributed by atoms with Gasteiger partial charge < -0.3 is 5.32 Å². The first-order chi connectivity index (χ1) is 9.74. The van der Waals surface area contributed by atoms with Crippen molar-refractivity contribution < 1.29 is 0 Å². The molecule has 0 spiro atoms. The Balaban J connectivity index is 2.10. The van der Waals surface area contributed by atoms with Crippen molar-refractivity contribution in [1.82, 2.24) is 10.3 Å². The SMILES string of the molecule is CCc1ccc(C(NC)C(C)Sc2ccncc2)cc1. The topological polar surface area (TPSA) is 24.9 Å². The van der Waals surface area contributed by atoms with Gasteiger partial charge in [0.05, 0.1) is 0 Å². The molecular weight excluding hydrogens is 264 g/mol. The summed E-state index contributed by atoms with van der Waals surface area (Å²) in [7, 11) is 2.03. The molecule has 3 heteroatoms. The van der Waals surface area contributed by atoms with Gasteiger partial charge in [-0.2, -0.15) is 0 Å². The van der Waals surface area contributed by atoms with Crippen molar-refractivity contribution in [3.05, 3.63) is 59.9 Å². The molecule has 2 nitrogen and oxygen atoms in total. The van der Waals surface area contributed by atoms with Crippen LogP contribution in [-0.2, 0) is 6.42 Å². The molecule has 0 aliphatic heterocycles. The third kappa shape index (κ3) is 3.84. The van der Waals surface area contributed by atoms with E-state index in [-0.39, 0.29) is 0 Å². The van der Waals surface area contributed by atoms with Crippen LogP contribution < -0.4 is 5.32 Å². The van der Waals surface area contributed by atoms with Crippen LogP contribution >= 0.6 is 11.8 Å². The smallest absolute Gasteiger partial charge is 0.0438 e. The summed E-state index contributed by atoms with van der Waals surface area (Å²) in [4.78, 5) is 5.33. The fraction of sp³-hybridized carbons (Fsp3) is 0.353. The second-order valence-corrected chi connectivity index (χ2v) is 6.32. The number of pyridine rings is 1. The van der Waals surface area contributed by atoms with E-state index < -0.39 is 0 Å².